The van der Waals surface area contributed by atoms with Crippen LogP contribution < -0.4 is 5.32 Å². The highest BCUT2D eigenvalue weighted by atomic mass is 16.2. The van der Waals surface area contributed by atoms with Gasteiger partial charge < -0.3 is 10.2 Å². The van der Waals surface area contributed by atoms with Crippen molar-refractivity contribution < 1.29 is 4.79 Å². The van der Waals surface area contributed by atoms with Gasteiger partial charge in [0, 0.05) is 25.4 Å². The molecule has 1 amide bonds. The number of aromatic amines is 1. The average molecular weight is 399 g/mol. The lowest BCUT2D eigenvalue weighted by Gasteiger charge is -2.43. The summed E-state index contributed by atoms with van der Waals surface area (Å²) in [6.45, 7) is 7.56. The molecule has 2 N–H and O–H groups in total. The number of piperidine rings is 1. The fourth-order valence-electron chi connectivity index (χ4n) is 4.93. The zero-order chi connectivity index (χ0) is 20.4. The molecule has 1 aliphatic heterocycles. The molecule has 2 aromatic rings. The van der Waals surface area contributed by atoms with E-state index in [2.05, 4.69) is 32.4 Å². The number of likely N-dealkylation sites (tertiary alicyclic amines) is 1. The van der Waals surface area contributed by atoms with Gasteiger partial charge in [0.2, 0.25) is 0 Å². The number of aryl methyl sites for hydroxylation is 2. The SMILES string of the molecule is Cc1nn(C)cc1-c1cc(C(=O)NC2(CN3CCC(C)CC3)CCCCC2)[nH]n1. The molecule has 2 fully saturated rings. The molecule has 1 aliphatic carbocycles. The molecule has 2 aliphatic rings. The van der Waals surface area contributed by atoms with E-state index >= 15 is 0 Å². The van der Waals surface area contributed by atoms with Gasteiger partial charge in [0.15, 0.2) is 0 Å². The van der Waals surface area contributed by atoms with Gasteiger partial charge >= 0.3 is 0 Å². The molecule has 0 atom stereocenters. The lowest BCUT2D eigenvalue weighted by molar-refractivity contribution is 0.0755. The second kappa shape index (κ2) is 8.30. The Bertz CT molecular complexity index is 839. The quantitative estimate of drug-likeness (QED) is 0.810. The van der Waals surface area contributed by atoms with Gasteiger partial charge in [-0.15, -0.1) is 0 Å². The molecule has 1 saturated heterocycles. The number of hydrogen-bond donors (Lipinski definition) is 2. The molecule has 7 heteroatoms. The molecule has 29 heavy (non-hydrogen) atoms. The minimum absolute atomic E-state index is 0.0439. The van der Waals surface area contributed by atoms with Crippen molar-refractivity contribution >= 4 is 5.91 Å². The van der Waals surface area contributed by atoms with Crippen molar-refractivity contribution in [3.8, 4) is 11.3 Å². The highest BCUT2D eigenvalue weighted by Gasteiger charge is 2.36. The number of aromatic nitrogens is 4. The second-order valence-electron chi connectivity index (χ2n) is 9.22. The minimum Gasteiger partial charge on any atom is -0.344 e. The molecule has 0 spiro atoms. The van der Waals surface area contributed by atoms with Crippen LogP contribution in [0.2, 0.25) is 0 Å². The van der Waals surface area contributed by atoms with Gasteiger partial charge in [0.25, 0.3) is 5.91 Å². The van der Waals surface area contributed by atoms with Gasteiger partial charge in [-0.05, 0) is 57.7 Å². The molecule has 2 aromatic heterocycles. The molecule has 0 radical (unpaired) electrons. The third-order valence-electron chi connectivity index (χ3n) is 6.70. The topological polar surface area (TPSA) is 78.8 Å². The maximum atomic E-state index is 13.1. The highest BCUT2D eigenvalue weighted by Crippen LogP contribution is 2.31. The summed E-state index contributed by atoms with van der Waals surface area (Å²) in [6.07, 6.45) is 10.2. The number of carbonyl (C=O) groups excluding carboxylic acids is 1. The monoisotopic (exact) mass is 398 g/mol. The van der Waals surface area contributed by atoms with Crippen molar-refractivity contribution in [2.75, 3.05) is 19.6 Å². The number of H-pyrrole nitrogens is 1. The van der Waals surface area contributed by atoms with Crippen LogP contribution in [0.5, 0.6) is 0 Å². The molecule has 0 unspecified atom stereocenters. The van der Waals surface area contributed by atoms with Gasteiger partial charge in [0.1, 0.15) is 5.69 Å². The first-order valence-corrected chi connectivity index (χ1v) is 11.0. The lowest BCUT2D eigenvalue weighted by Crippen LogP contribution is -2.57. The maximum Gasteiger partial charge on any atom is 0.269 e. The Balaban J connectivity index is 1.47. The summed E-state index contributed by atoms with van der Waals surface area (Å²) >= 11 is 0. The van der Waals surface area contributed by atoms with E-state index in [1.165, 1.54) is 32.1 Å². The first kappa shape index (κ1) is 20.1. The summed E-state index contributed by atoms with van der Waals surface area (Å²) in [5.41, 5.74) is 3.04. The number of carbonyl (C=O) groups is 1. The number of rotatable bonds is 5. The van der Waals surface area contributed by atoms with Crippen molar-refractivity contribution in [3.63, 3.8) is 0 Å². The third kappa shape index (κ3) is 4.55. The molecule has 0 bridgehead atoms. The van der Waals surface area contributed by atoms with Crippen molar-refractivity contribution in [2.45, 2.75) is 64.3 Å². The zero-order valence-corrected chi connectivity index (χ0v) is 18.0. The Kier molecular flexibility index (Phi) is 5.76. The van der Waals surface area contributed by atoms with E-state index in [1.807, 2.05) is 26.2 Å². The normalized spacial score (nSPS) is 20.7. The molecular formula is C22H34N6O. The summed E-state index contributed by atoms with van der Waals surface area (Å²) in [6, 6.07) is 1.85. The van der Waals surface area contributed by atoms with Crippen molar-refractivity contribution in [1.29, 1.82) is 0 Å². The van der Waals surface area contributed by atoms with Gasteiger partial charge in [-0.25, -0.2) is 0 Å². The maximum absolute atomic E-state index is 13.1. The van der Waals surface area contributed by atoms with Crippen molar-refractivity contribution in [2.24, 2.45) is 13.0 Å². The Morgan fingerprint density at radius 1 is 1.28 bits per heavy atom. The lowest BCUT2D eigenvalue weighted by atomic mass is 9.80. The van der Waals surface area contributed by atoms with Crippen LogP contribution in [0.25, 0.3) is 11.3 Å². The zero-order valence-electron chi connectivity index (χ0n) is 18.0. The predicted octanol–water partition coefficient (Wildman–Crippen LogP) is 3.28. The molecule has 158 valence electrons. The minimum atomic E-state index is -0.120. The Morgan fingerprint density at radius 3 is 2.66 bits per heavy atom. The molecule has 3 heterocycles. The molecule has 0 aromatic carbocycles. The Morgan fingerprint density at radius 2 is 2.00 bits per heavy atom. The van der Waals surface area contributed by atoms with Crippen LogP contribution in [0.1, 0.15) is 68.1 Å². The van der Waals surface area contributed by atoms with Crippen LogP contribution in [-0.4, -0.2) is 56.0 Å². The Labute approximate surface area is 173 Å². The number of nitrogens with one attached hydrogen (secondary N) is 2. The summed E-state index contributed by atoms with van der Waals surface area (Å²) < 4.78 is 1.77. The largest absolute Gasteiger partial charge is 0.344 e. The van der Waals surface area contributed by atoms with Crippen LogP contribution >= 0.6 is 0 Å². The van der Waals surface area contributed by atoms with Gasteiger partial charge in [0.05, 0.1) is 16.9 Å². The van der Waals surface area contributed by atoms with E-state index in [1.54, 1.807) is 4.68 Å². The summed E-state index contributed by atoms with van der Waals surface area (Å²) in [5.74, 6) is 0.778. The van der Waals surface area contributed by atoms with E-state index in [9.17, 15) is 4.79 Å². The molecular weight excluding hydrogens is 364 g/mol. The fourth-order valence-corrected chi connectivity index (χ4v) is 4.93. The number of nitrogens with zero attached hydrogens (tertiary/aromatic N) is 4. The van der Waals surface area contributed by atoms with Crippen LogP contribution in [0.4, 0.5) is 0 Å². The average Bonchev–Trinajstić information content (AvgIpc) is 3.30. The first-order valence-electron chi connectivity index (χ1n) is 11.0. The second-order valence-corrected chi connectivity index (χ2v) is 9.22. The van der Waals surface area contributed by atoms with E-state index < -0.39 is 0 Å². The highest BCUT2D eigenvalue weighted by molar-refractivity contribution is 5.94. The first-order chi connectivity index (χ1) is 13.9. The standard InChI is InChI=1S/C22H34N6O/c1-16-7-11-28(12-8-16)15-22(9-5-4-6-10-22)23-21(29)20-13-19(24-25-20)18-14-27(3)26-17(18)2/h13-14,16H,4-12,15H2,1-3H3,(H,23,29)(H,24,25). The Hall–Kier alpha value is -2.15. The predicted molar refractivity (Wildman–Crippen MR) is 114 cm³/mol. The van der Waals surface area contributed by atoms with Gasteiger partial charge in [-0.3, -0.25) is 14.6 Å². The van der Waals surface area contributed by atoms with Crippen molar-refractivity contribution in [1.82, 2.24) is 30.2 Å². The van der Waals surface area contributed by atoms with Gasteiger partial charge in [-0.2, -0.15) is 10.2 Å². The van der Waals surface area contributed by atoms with Gasteiger partial charge in [-0.1, -0.05) is 26.2 Å². The third-order valence-corrected chi connectivity index (χ3v) is 6.70. The van der Waals surface area contributed by atoms with Crippen molar-refractivity contribution in [3.05, 3.63) is 23.7 Å². The van der Waals surface area contributed by atoms with E-state index in [0.717, 1.165) is 55.3 Å². The number of amides is 1. The fraction of sp³-hybridized carbons (Fsp3) is 0.682. The smallest absolute Gasteiger partial charge is 0.269 e. The molecule has 1 saturated carbocycles. The van der Waals surface area contributed by atoms with Crippen LogP contribution in [0.15, 0.2) is 12.3 Å². The van der Waals surface area contributed by atoms with E-state index in [4.69, 9.17) is 0 Å². The molecule has 4 rings (SSSR count). The summed E-state index contributed by atoms with van der Waals surface area (Å²) in [7, 11) is 1.89. The van der Waals surface area contributed by atoms with E-state index in [0.29, 0.717) is 5.69 Å². The summed E-state index contributed by atoms with van der Waals surface area (Å²) in [5, 5.41) is 15.1. The van der Waals surface area contributed by atoms with Crippen LogP contribution in [0.3, 0.4) is 0 Å². The molecule has 7 nitrogen and oxygen atoms in total. The van der Waals surface area contributed by atoms with Crippen LogP contribution in [0, 0.1) is 12.8 Å². The summed E-state index contributed by atoms with van der Waals surface area (Å²) in [4.78, 5) is 15.7. The van der Waals surface area contributed by atoms with E-state index in [-0.39, 0.29) is 11.4 Å². The van der Waals surface area contributed by atoms with Crippen LogP contribution in [-0.2, 0) is 7.05 Å². The number of hydrogen-bond acceptors (Lipinski definition) is 4.